The van der Waals surface area contributed by atoms with Gasteiger partial charge in [-0.1, -0.05) is 26.2 Å². The van der Waals surface area contributed by atoms with E-state index in [1.807, 2.05) is 0 Å². The lowest BCUT2D eigenvalue weighted by Crippen LogP contribution is -2.61. The number of alkyl halides is 10. The van der Waals surface area contributed by atoms with Crippen LogP contribution in [-0.4, -0.2) is 36.9 Å². The van der Waals surface area contributed by atoms with Crippen LogP contribution in [0.1, 0.15) is 32.6 Å². The van der Waals surface area contributed by atoms with E-state index in [1.54, 1.807) is 6.92 Å². The highest BCUT2D eigenvalue weighted by Gasteiger charge is 2.79. The quantitative estimate of drug-likeness (QED) is 0.402. The Bertz CT molecular complexity index is 338. The topological polar surface area (TPSA) is 9.23 Å². The largest absolute Gasteiger partial charge is 0.459 e. The van der Waals surface area contributed by atoms with Crippen molar-refractivity contribution in [2.45, 2.75) is 62.9 Å². The zero-order valence-corrected chi connectivity index (χ0v) is 11.3. The van der Waals surface area contributed by atoms with Gasteiger partial charge in [-0.15, -0.1) is 0 Å². The normalized spacial score (nSPS) is 16.0. The molecule has 0 aliphatic rings. The molecule has 0 spiro atoms. The molecule has 0 aromatic carbocycles. The molecule has 0 radical (unpaired) electrons. The van der Waals surface area contributed by atoms with Crippen LogP contribution in [0.3, 0.4) is 0 Å². The highest BCUT2D eigenvalue weighted by Crippen LogP contribution is 2.51. The molecule has 0 heterocycles. The van der Waals surface area contributed by atoms with Crippen LogP contribution in [0.5, 0.6) is 0 Å². The van der Waals surface area contributed by atoms with Crippen molar-refractivity contribution < 1.29 is 48.6 Å². The second-order valence-corrected chi connectivity index (χ2v) is 4.53. The number of rotatable bonds is 9. The monoisotopic (exact) mass is 352 g/mol. The molecular weight excluding hydrogens is 338 g/mol. The zero-order valence-electron chi connectivity index (χ0n) is 11.3. The van der Waals surface area contributed by atoms with Gasteiger partial charge in [0.2, 0.25) is 0 Å². The molecule has 0 N–H and O–H groups in total. The van der Waals surface area contributed by atoms with Crippen molar-refractivity contribution in [1.29, 1.82) is 0 Å². The molecule has 0 aromatic heterocycles. The molecule has 0 bridgehead atoms. The molecule has 22 heavy (non-hydrogen) atoms. The Balaban J connectivity index is 4.93. The molecule has 11 heteroatoms. The lowest BCUT2D eigenvalue weighted by molar-refractivity contribution is -0.398. The molecule has 0 fully saturated rings. The average molecular weight is 352 g/mol. The number of unbranched alkanes of at least 4 members (excludes halogenated alkanes) is 3. The summed E-state index contributed by atoms with van der Waals surface area (Å²) in [5, 5.41) is 0. The maximum atomic E-state index is 13.0. The molecule has 0 aliphatic heterocycles. The van der Waals surface area contributed by atoms with Gasteiger partial charge in [0.25, 0.3) is 6.17 Å². The van der Waals surface area contributed by atoms with Crippen LogP contribution in [-0.2, 0) is 4.74 Å². The molecule has 1 atom stereocenters. The van der Waals surface area contributed by atoms with Gasteiger partial charge in [0.05, 0.1) is 6.61 Å². The minimum Gasteiger partial charge on any atom is -0.318 e. The zero-order chi connectivity index (χ0) is 17.8. The van der Waals surface area contributed by atoms with Crippen LogP contribution >= 0.6 is 0 Å². The highest BCUT2D eigenvalue weighted by atomic mass is 19.4. The van der Waals surface area contributed by atoms with E-state index >= 15 is 0 Å². The van der Waals surface area contributed by atoms with Crippen LogP contribution in [0, 0.1) is 0 Å². The maximum absolute atomic E-state index is 13.0. The van der Waals surface area contributed by atoms with Crippen molar-refractivity contribution in [3.63, 3.8) is 0 Å². The molecule has 1 unspecified atom stereocenters. The van der Waals surface area contributed by atoms with Gasteiger partial charge in [0.15, 0.2) is 0 Å². The van der Waals surface area contributed by atoms with E-state index in [-0.39, 0.29) is 6.42 Å². The van der Waals surface area contributed by atoms with E-state index in [4.69, 9.17) is 0 Å². The van der Waals surface area contributed by atoms with E-state index < -0.39 is 36.9 Å². The summed E-state index contributed by atoms with van der Waals surface area (Å²) < 4.78 is 128. The van der Waals surface area contributed by atoms with Gasteiger partial charge in [0.1, 0.15) is 0 Å². The van der Waals surface area contributed by atoms with Crippen LogP contribution in [0.4, 0.5) is 43.9 Å². The van der Waals surface area contributed by atoms with Crippen LogP contribution in [0.2, 0.25) is 0 Å². The first-order valence-electron chi connectivity index (χ1n) is 6.20. The Kier molecular flexibility index (Phi) is 6.98. The van der Waals surface area contributed by atoms with Gasteiger partial charge in [0, 0.05) is 0 Å². The molecule has 0 saturated heterocycles. The summed E-state index contributed by atoms with van der Waals surface area (Å²) in [5.74, 6) is -13.6. The SMILES string of the molecule is CCCCCCOC(F)(F)C(F)C(F)(F)C(F)(F)C(F)(F)F. The third-order valence-corrected chi connectivity index (χ3v) is 2.68. The first-order chi connectivity index (χ1) is 9.72. The molecular formula is C11H14F10O. The lowest BCUT2D eigenvalue weighted by Gasteiger charge is -2.33. The van der Waals surface area contributed by atoms with E-state index in [9.17, 15) is 43.9 Å². The van der Waals surface area contributed by atoms with Gasteiger partial charge >= 0.3 is 24.1 Å². The standard InChI is InChI=1S/C11H14F10O/c1-2-3-4-5-6-22-9(15,16)7(12)8(13,14)10(17,18)11(19,20)21/h7H,2-6H2,1H3. The summed E-state index contributed by atoms with van der Waals surface area (Å²) in [7, 11) is 0. The Hall–Kier alpha value is -0.740. The van der Waals surface area contributed by atoms with Crippen LogP contribution < -0.4 is 0 Å². The van der Waals surface area contributed by atoms with Crippen molar-refractivity contribution in [2.24, 2.45) is 0 Å². The number of hydrogen-bond acceptors (Lipinski definition) is 1. The van der Waals surface area contributed by atoms with Crippen molar-refractivity contribution in [2.75, 3.05) is 6.61 Å². The van der Waals surface area contributed by atoms with Gasteiger partial charge in [-0.2, -0.15) is 39.5 Å². The maximum Gasteiger partial charge on any atom is 0.459 e. The molecule has 0 aromatic rings. The second-order valence-electron chi connectivity index (χ2n) is 4.53. The summed E-state index contributed by atoms with van der Waals surface area (Å²) >= 11 is 0. The Morgan fingerprint density at radius 1 is 0.818 bits per heavy atom. The summed E-state index contributed by atoms with van der Waals surface area (Å²) in [5.41, 5.74) is 0. The molecule has 0 saturated carbocycles. The predicted molar refractivity (Wildman–Crippen MR) is 55.9 cm³/mol. The van der Waals surface area contributed by atoms with E-state index in [2.05, 4.69) is 4.74 Å². The number of ether oxygens (including phenoxy) is 1. The fourth-order valence-electron chi connectivity index (χ4n) is 1.37. The molecule has 0 aliphatic carbocycles. The average Bonchev–Trinajstić information content (AvgIpc) is 2.35. The Morgan fingerprint density at radius 3 is 1.73 bits per heavy atom. The van der Waals surface area contributed by atoms with Crippen molar-refractivity contribution in [3.05, 3.63) is 0 Å². The van der Waals surface area contributed by atoms with E-state index in [0.29, 0.717) is 19.3 Å². The summed E-state index contributed by atoms with van der Waals surface area (Å²) in [6.07, 6.45) is -16.1. The molecule has 1 nitrogen and oxygen atoms in total. The van der Waals surface area contributed by atoms with Crippen molar-refractivity contribution >= 4 is 0 Å². The fourth-order valence-corrected chi connectivity index (χ4v) is 1.37. The summed E-state index contributed by atoms with van der Waals surface area (Å²) in [6.45, 7) is 0.800. The number of halogens is 10. The molecule has 0 rings (SSSR count). The smallest absolute Gasteiger partial charge is 0.318 e. The Labute approximate surface area is 119 Å². The van der Waals surface area contributed by atoms with Crippen LogP contribution in [0.15, 0.2) is 0 Å². The lowest BCUT2D eigenvalue weighted by atomic mass is 10.1. The third-order valence-electron chi connectivity index (χ3n) is 2.68. The van der Waals surface area contributed by atoms with Crippen molar-refractivity contribution in [3.8, 4) is 0 Å². The fraction of sp³-hybridized carbons (Fsp3) is 1.00. The molecule has 134 valence electrons. The highest BCUT2D eigenvalue weighted by molar-refractivity contribution is 4.98. The third kappa shape index (κ3) is 4.63. The van der Waals surface area contributed by atoms with E-state index in [1.165, 1.54) is 0 Å². The minimum atomic E-state index is -6.96. The Morgan fingerprint density at radius 2 is 1.32 bits per heavy atom. The van der Waals surface area contributed by atoms with Gasteiger partial charge in [-0.05, 0) is 6.42 Å². The number of hydrogen-bond donors (Lipinski definition) is 0. The van der Waals surface area contributed by atoms with E-state index in [0.717, 1.165) is 0 Å². The van der Waals surface area contributed by atoms with Gasteiger partial charge in [-0.25, -0.2) is 4.39 Å². The first kappa shape index (κ1) is 21.3. The first-order valence-corrected chi connectivity index (χ1v) is 6.20. The van der Waals surface area contributed by atoms with Gasteiger partial charge < -0.3 is 4.74 Å². The van der Waals surface area contributed by atoms with Gasteiger partial charge in [-0.3, -0.25) is 0 Å². The predicted octanol–water partition coefficient (Wildman–Crippen LogP) is 5.35. The summed E-state index contributed by atoms with van der Waals surface area (Å²) in [6, 6.07) is 0. The summed E-state index contributed by atoms with van der Waals surface area (Å²) in [4.78, 5) is 0. The van der Waals surface area contributed by atoms with Crippen LogP contribution in [0.25, 0.3) is 0 Å². The molecule has 0 amide bonds. The van der Waals surface area contributed by atoms with Crippen molar-refractivity contribution in [1.82, 2.24) is 0 Å². The minimum absolute atomic E-state index is 0.114. The second kappa shape index (κ2) is 7.22.